The van der Waals surface area contributed by atoms with Gasteiger partial charge in [-0.15, -0.1) is 0 Å². The third kappa shape index (κ3) is 1.74. The fourth-order valence-corrected chi connectivity index (χ4v) is 1.29. The zero-order valence-electron chi connectivity index (χ0n) is 7.56. The van der Waals surface area contributed by atoms with E-state index in [2.05, 4.69) is 10.3 Å². The Kier molecular flexibility index (Phi) is 2.44. The van der Waals surface area contributed by atoms with Gasteiger partial charge in [-0.1, -0.05) is 0 Å². The van der Waals surface area contributed by atoms with Crippen LogP contribution in [0.25, 0.3) is 0 Å². The molecule has 0 aliphatic carbocycles. The lowest BCUT2D eigenvalue weighted by atomic mass is 10.2. The lowest BCUT2D eigenvalue weighted by Gasteiger charge is -2.02. The monoisotopic (exact) mass is 190 g/mol. The first-order valence-electron chi connectivity index (χ1n) is 4.38. The number of carbonyl (C=O) groups is 1. The van der Waals surface area contributed by atoms with E-state index in [0.717, 1.165) is 17.8 Å². The third-order valence-corrected chi connectivity index (χ3v) is 1.94. The van der Waals surface area contributed by atoms with Gasteiger partial charge in [-0.05, 0) is 24.3 Å². The molecule has 0 radical (unpaired) electrons. The average molecular weight is 190 g/mol. The summed E-state index contributed by atoms with van der Waals surface area (Å²) in [6.45, 7) is 1.38. The van der Waals surface area contributed by atoms with Crippen LogP contribution < -0.4 is 5.32 Å². The van der Waals surface area contributed by atoms with Crippen LogP contribution in [-0.2, 0) is 9.53 Å². The number of carbonyl (C=O) groups excluding carboxylic acids is 1. The minimum absolute atomic E-state index is 0.651. The molecule has 4 nitrogen and oxygen atoms in total. The highest BCUT2D eigenvalue weighted by molar-refractivity contribution is 5.95. The van der Waals surface area contributed by atoms with Crippen LogP contribution in [0.15, 0.2) is 29.3 Å². The van der Waals surface area contributed by atoms with E-state index >= 15 is 0 Å². The Labute approximate surface area is 81.6 Å². The van der Waals surface area contributed by atoms with Gasteiger partial charge in [-0.2, -0.15) is 0 Å². The van der Waals surface area contributed by atoms with Crippen LogP contribution in [0.1, 0.15) is 5.56 Å². The molecule has 1 N–H and O–H groups in total. The Balaban J connectivity index is 2.16. The number of nitrogens with one attached hydrogen (secondary N) is 1. The van der Waals surface area contributed by atoms with Crippen molar-refractivity contribution in [2.75, 3.05) is 18.5 Å². The van der Waals surface area contributed by atoms with E-state index < -0.39 is 0 Å². The lowest BCUT2D eigenvalue weighted by Crippen LogP contribution is -2.01. The summed E-state index contributed by atoms with van der Waals surface area (Å²) in [5, 5.41) is 2.56. The maximum absolute atomic E-state index is 10.2. The zero-order chi connectivity index (χ0) is 9.80. The van der Waals surface area contributed by atoms with Crippen LogP contribution in [0.5, 0.6) is 0 Å². The van der Waals surface area contributed by atoms with Gasteiger partial charge in [-0.25, -0.2) is 4.99 Å². The van der Waals surface area contributed by atoms with Crippen molar-refractivity contribution in [1.82, 2.24) is 0 Å². The summed E-state index contributed by atoms with van der Waals surface area (Å²) in [6, 6.07) is 7.37. The Morgan fingerprint density at radius 1 is 1.36 bits per heavy atom. The van der Waals surface area contributed by atoms with Crippen LogP contribution >= 0.6 is 0 Å². The van der Waals surface area contributed by atoms with Crippen molar-refractivity contribution >= 4 is 18.0 Å². The van der Waals surface area contributed by atoms with Gasteiger partial charge >= 0.3 is 0 Å². The number of anilines is 1. The van der Waals surface area contributed by atoms with Crippen molar-refractivity contribution in [2.45, 2.75) is 0 Å². The molecule has 4 heteroatoms. The molecule has 1 aliphatic rings. The van der Waals surface area contributed by atoms with E-state index in [9.17, 15) is 4.79 Å². The predicted molar refractivity (Wildman–Crippen MR) is 53.5 cm³/mol. The minimum atomic E-state index is 0.651. The number of hydrogen-bond donors (Lipinski definition) is 1. The van der Waals surface area contributed by atoms with Gasteiger partial charge in [0.1, 0.15) is 6.61 Å². The van der Waals surface area contributed by atoms with E-state index in [1.54, 1.807) is 0 Å². The van der Waals surface area contributed by atoms with Crippen molar-refractivity contribution in [3.8, 4) is 0 Å². The fourth-order valence-electron chi connectivity index (χ4n) is 1.29. The van der Waals surface area contributed by atoms with Gasteiger partial charge in [0.15, 0.2) is 0 Å². The van der Waals surface area contributed by atoms with E-state index in [1.807, 2.05) is 24.3 Å². The third-order valence-electron chi connectivity index (χ3n) is 1.94. The van der Waals surface area contributed by atoms with Gasteiger partial charge in [0.2, 0.25) is 12.3 Å². The molecule has 0 fully saturated rings. The number of rotatable bonds is 3. The highest BCUT2D eigenvalue weighted by Crippen LogP contribution is 2.12. The topological polar surface area (TPSA) is 50.7 Å². The van der Waals surface area contributed by atoms with Crippen LogP contribution in [-0.4, -0.2) is 25.5 Å². The Morgan fingerprint density at radius 2 is 2.14 bits per heavy atom. The summed E-state index contributed by atoms with van der Waals surface area (Å²) in [5.74, 6) is 0.683. The first-order valence-corrected chi connectivity index (χ1v) is 4.38. The predicted octanol–water partition coefficient (Wildman–Crippen LogP) is 1.03. The highest BCUT2D eigenvalue weighted by atomic mass is 16.5. The molecule has 0 saturated heterocycles. The standard InChI is InChI=1S/C10H10N2O2/c13-7-12-9-3-1-8(2-4-9)10-11-5-6-14-10/h1-4,7H,5-6H2,(H,12,13). The van der Waals surface area contributed by atoms with E-state index in [1.165, 1.54) is 0 Å². The van der Waals surface area contributed by atoms with Crippen LogP contribution in [0.2, 0.25) is 0 Å². The van der Waals surface area contributed by atoms with Crippen LogP contribution in [0, 0.1) is 0 Å². The number of ether oxygens (including phenoxy) is 1. The molecule has 0 aromatic heterocycles. The van der Waals surface area contributed by atoms with Gasteiger partial charge in [0, 0.05) is 11.3 Å². The van der Waals surface area contributed by atoms with E-state index in [-0.39, 0.29) is 0 Å². The molecule has 1 aromatic carbocycles. The molecular formula is C10H10N2O2. The smallest absolute Gasteiger partial charge is 0.216 e. The number of aliphatic imine (C=N–C) groups is 1. The number of hydrogen-bond acceptors (Lipinski definition) is 3. The van der Waals surface area contributed by atoms with Crippen molar-refractivity contribution in [3.05, 3.63) is 29.8 Å². The fraction of sp³-hybridized carbons (Fsp3) is 0.200. The second-order valence-corrected chi connectivity index (χ2v) is 2.87. The molecule has 72 valence electrons. The average Bonchev–Trinajstić information content (AvgIpc) is 2.72. The molecule has 1 amide bonds. The molecule has 0 spiro atoms. The summed E-state index contributed by atoms with van der Waals surface area (Å²) in [7, 11) is 0. The second-order valence-electron chi connectivity index (χ2n) is 2.87. The molecule has 0 saturated carbocycles. The number of nitrogens with zero attached hydrogens (tertiary/aromatic N) is 1. The summed E-state index contributed by atoms with van der Waals surface area (Å²) in [4.78, 5) is 14.3. The Hall–Kier alpha value is -1.84. The van der Waals surface area contributed by atoms with Gasteiger partial charge in [0.25, 0.3) is 0 Å². The first kappa shape index (κ1) is 8.74. The Morgan fingerprint density at radius 3 is 2.71 bits per heavy atom. The molecule has 14 heavy (non-hydrogen) atoms. The zero-order valence-corrected chi connectivity index (χ0v) is 7.56. The SMILES string of the molecule is O=CNc1ccc(C2=NCCO2)cc1. The van der Waals surface area contributed by atoms with Gasteiger partial charge in [0.05, 0.1) is 6.54 Å². The van der Waals surface area contributed by atoms with Gasteiger partial charge < -0.3 is 10.1 Å². The van der Waals surface area contributed by atoms with E-state index in [0.29, 0.717) is 18.9 Å². The summed E-state index contributed by atoms with van der Waals surface area (Å²) < 4.78 is 5.30. The van der Waals surface area contributed by atoms with Gasteiger partial charge in [-0.3, -0.25) is 4.79 Å². The summed E-state index contributed by atoms with van der Waals surface area (Å²) in [5.41, 5.74) is 1.71. The largest absolute Gasteiger partial charge is 0.476 e. The molecule has 2 rings (SSSR count). The molecular weight excluding hydrogens is 180 g/mol. The van der Waals surface area contributed by atoms with Crippen molar-refractivity contribution in [3.63, 3.8) is 0 Å². The van der Waals surface area contributed by atoms with Crippen LogP contribution in [0.3, 0.4) is 0 Å². The molecule has 1 aliphatic heterocycles. The number of amides is 1. The molecule has 1 aromatic rings. The van der Waals surface area contributed by atoms with Crippen LogP contribution in [0.4, 0.5) is 5.69 Å². The van der Waals surface area contributed by atoms with E-state index in [4.69, 9.17) is 4.74 Å². The maximum atomic E-state index is 10.2. The highest BCUT2D eigenvalue weighted by Gasteiger charge is 2.09. The Bertz CT molecular complexity index is 357. The van der Waals surface area contributed by atoms with Crippen molar-refractivity contribution < 1.29 is 9.53 Å². The molecule has 1 heterocycles. The molecule has 0 unspecified atom stereocenters. The van der Waals surface area contributed by atoms with Crippen molar-refractivity contribution in [2.24, 2.45) is 4.99 Å². The maximum Gasteiger partial charge on any atom is 0.216 e. The van der Waals surface area contributed by atoms with Crippen molar-refractivity contribution in [1.29, 1.82) is 0 Å². The molecule has 0 bridgehead atoms. The quantitative estimate of drug-likeness (QED) is 0.724. The second kappa shape index (κ2) is 3.91. The molecule has 0 atom stereocenters. The normalized spacial score (nSPS) is 14.4. The first-order chi connectivity index (χ1) is 6.90. The summed E-state index contributed by atoms with van der Waals surface area (Å²) in [6.07, 6.45) is 0.651. The number of benzene rings is 1. The minimum Gasteiger partial charge on any atom is -0.476 e. The lowest BCUT2D eigenvalue weighted by molar-refractivity contribution is -0.105. The summed E-state index contributed by atoms with van der Waals surface area (Å²) >= 11 is 0.